The molecular weight excluding hydrogens is 362 g/mol. The molecule has 1 unspecified atom stereocenters. The number of benzene rings is 1. The summed E-state index contributed by atoms with van der Waals surface area (Å²) in [5.74, 6) is 0. The zero-order valence-corrected chi connectivity index (χ0v) is 14.4. The third-order valence-electron chi connectivity index (χ3n) is 3.05. The Balaban J connectivity index is 1.73. The molecule has 0 aliphatic carbocycles. The van der Waals surface area contributed by atoms with Crippen LogP contribution in [0.5, 0.6) is 0 Å². The van der Waals surface area contributed by atoms with E-state index in [9.17, 15) is 13.5 Å². The number of aliphatic hydroxyl groups is 1. The molecule has 0 saturated carbocycles. The van der Waals surface area contributed by atoms with E-state index < -0.39 is 16.1 Å². The predicted molar refractivity (Wildman–Crippen MR) is 91.3 cm³/mol. The molecule has 2 aromatic heterocycles. The second-order valence-corrected chi connectivity index (χ2v) is 9.44. The molecule has 2 heterocycles. The van der Waals surface area contributed by atoms with Crippen molar-refractivity contribution >= 4 is 54.4 Å². The molecule has 3 aromatic rings. The molecular formula is C14H12ClNO3S3. The fraction of sp³-hybridized carbons (Fsp3) is 0.143. The van der Waals surface area contributed by atoms with Crippen LogP contribution in [-0.2, 0) is 10.0 Å². The van der Waals surface area contributed by atoms with Gasteiger partial charge in [-0.3, -0.25) is 0 Å². The zero-order chi connectivity index (χ0) is 15.7. The molecule has 0 radical (unpaired) electrons. The normalized spacial score (nSPS) is 13.5. The van der Waals surface area contributed by atoms with Gasteiger partial charge in [-0.1, -0.05) is 29.8 Å². The van der Waals surface area contributed by atoms with E-state index in [1.54, 1.807) is 0 Å². The smallest absolute Gasteiger partial charge is 0.250 e. The Hall–Kier alpha value is -0.960. The Labute approximate surface area is 141 Å². The molecule has 0 aliphatic rings. The highest BCUT2D eigenvalue weighted by Crippen LogP contribution is 2.30. The fourth-order valence-corrected chi connectivity index (χ4v) is 5.59. The molecule has 1 atom stereocenters. The number of rotatable bonds is 5. The number of hydrogen-bond donors (Lipinski definition) is 2. The molecule has 0 spiro atoms. The standard InChI is InChI=1S/C14H12ClNO3S3/c15-13-5-6-14(21-13)22(18,19)16-8-10(17)12-7-9-3-1-2-4-11(9)20-12/h1-7,10,16-17H,8H2. The molecule has 0 amide bonds. The molecule has 0 bridgehead atoms. The van der Waals surface area contributed by atoms with Crippen molar-refractivity contribution in [3.05, 3.63) is 51.7 Å². The maximum Gasteiger partial charge on any atom is 0.250 e. The van der Waals surface area contributed by atoms with Gasteiger partial charge in [-0.2, -0.15) is 0 Å². The Kier molecular flexibility index (Phi) is 4.54. The van der Waals surface area contributed by atoms with Crippen LogP contribution in [0.1, 0.15) is 11.0 Å². The van der Waals surface area contributed by atoms with Gasteiger partial charge < -0.3 is 5.11 Å². The van der Waals surface area contributed by atoms with Gasteiger partial charge in [0.25, 0.3) is 0 Å². The summed E-state index contributed by atoms with van der Waals surface area (Å²) in [6.45, 7) is -0.0787. The summed E-state index contributed by atoms with van der Waals surface area (Å²) in [5, 5.41) is 11.2. The summed E-state index contributed by atoms with van der Waals surface area (Å²) < 4.78 is 28.2. The first-order valence-electron chi connectivity index (χ1n) is 6.37. The molecule has 1 aromatic carbocycles. The summed E-state index contributed by atoms with van der Waals surface area (Å²) in [5.41, 5.74) is 0. The first-order chi connectivity index (χ1) is 10.5. The summed E-state index contributed by atoms with van der Waals surface area (Å²) >= 11 is 8.18. The third kappa shape index (κ3) is 3.34. The minimum Gasteiger partial charge on any atom is -0.386 e. The molecule has 0 aliphatic heterocycles. The maximum absolute atomic E-state index is 12.1. The lowest BCUT2D eigenvalue weighted by atomic mass is 10.2. The van der Waals surface area contributed by atoms with Gasteiger partial charge in [-0.25, -0.2) is 13.1 Å². The quantitative estimate of drug-likeness (QED) is 0.717. The number of fused-ring (bicyclic) bond motifs is 1. The molecule has 0 saturated heterocycles. The first-order valence-corrected chi connectivity index (χ1v) is 9.87. The lowest BCUT2D eigenvalue weighted by molar-refractivity contribution is 0.186. The van der Waals surface area contributed by atoms with Crippen molar-refractivity contribution < 1.29 is 13.5 Å². The maximum atomic E-state index is 12.1. The molecule has 3 rings (SSSR count). The zero-order valence-electron chi connectivity index (χ0n) is 11.2. The minimum absolute atomic E-state index is 0.0787. The van der Waals surface area contributed by atoms with E-state index in [0.717, 1.165) is 26.3 Å². The van der Waals surface area contributed by atoms with E-state index in [1.165, 1.54) is 23.5 Å². The van der Waals surface area contributed by atoms with Crippen molar-refractivity contribution in [3.8, 4) is 0 Å². The van der Waals surface area contributed by atoms with Gasteiger partial charge in [-0.05, 0) is 29.7 Å². The van der Waals surface area contributed by atoms with Crippen LogP contribution in [0, 0.1) is 0 Å². The minimum atomic E-state index is -3.64. The van der Waals surface area contributed by atoms with Gasteiger partial charge >= 0.3 is 0 Å². The second kappa shape index (κ2) is 6.27. The largest absolute Gasteiger partial charge is 0.386 e. The molecule has 8 heteroatoms. The monoisotopic (exact) mass is 373 g/mol. The van der Waals surface area contributed by atoms with Crippen LogP contribution in [0.4, 0.5) is 0 Å². The van der Waals surface area contributed by atoms with Crippen LogP contribution in [0.15, 0.2) is 46.7 Å². The Morgan fingerprint density at radius 1 is 1.18 bits per heavy atom. The average molecular weight is 374 g/mol. The summed E-state index contributed by atoms with van der Waals surface area (Å²) in [7, 11) is -3.64. The molecule has 116 valence electrons. The van der Waals surface area contributed by atoms with E-state index in [-0.39, 0.29) is 10.8 Å². The van der Waals surface area contributed by atoms with Crippen LogP contribution in [0.3, 0.4) is 0 Å². The van der Waals surface area contributed by atoms with Gasteiger partial charge in [0, 0.05) is 16.1 Å². The van der Waals surface area contributed by atoms with Crippen LogP contribution in [-0.4, -0.2) is 20.1 Å². The summed E-state index contributed by atoms with van der Waals surface area (Å²) in [6, 6.07) is 12.6. The van der Waals surface area contributed by atoms with Crippen LogP contribution >= 0.6 is 34.3 Å². The van der Waals surface area contributed by atoms with Gasteiger partial charge in [0.05, 0.1) is 4.34 Å². The van der Waals surface area contributed by atoms with Crippen molar-refractivity contribution in [2.75, 3.05) is 6.54 Å². The highest BCUT2D eigenvalue weighted by Gasteiger charge is 2.19. The van der Waals surface area contributed by atoms with E-state index in [2.05, 4.69) is 4.72 Å². The number of sulfonamides is 1. The molecule has 2 N–H and O–H groups in total. The Bertz CT molecular complexity index is 868. The van der Waals surface area contributed by atoms with Crippen LogP contribution < -0.4 is 4.72 Å². The summed E-state index contributed by atoms with van der Waals surface area (Å²) in [6.07, 6.45) is -0.886. The predicted octanol–water partition coefficient (Wildman–Crippen LogP) is 3.63. The van der Waals surface area contributed by atoms with Gasteiger partial charge in [0.1, 0.15) is 10.3 Å². The van der Waals surface area contributed by atoms with Crippen molar-refractivity contribution in [3.63, 3.8) is 0 Å². The number of thiophene rings is 2. The first kappa shape index (κ1) is 15.9. The van der Waals surface area contributed by atoms with Crippen molar-refractivity contribution in [1.29, 1.82) is 0 Å². The molecule has 22 heavy (non-hydrogen) atoms. The molecule has 4 nitrogen and oxygen atoms in total. The number of aliphatic hydroxyl groups excluding tert-OH is 1. The lowest BCUT2D eigenvalue weighted by Crippen LogP contribution is -2.27. The third-order valence-corrected chi connectivity index (χ3v) is 7.42. The van der Waals surface area contributed by atoms with Crippen molar-refractivity contribution in [1.82, 2.24) is 4.72 Å². The number of hydrogen-bond acceptors (Lipinski definition) is 5. The van der Waals surface area contributed by atoms with Crippen LogP contribution in [0.25, 0.3) is 10.1 Å². The van der Waals surface area contributed by atoms with E-state index in [0.29, 0.717) is 4.34 Å². The number of nitrogens with one attached hydrogen (secondary N) is 1. The van der Waals surface area contributed by atoms with E-state index in [4.69, 9.17) is 11.6 Å². The molecule has 0 fully saturated rings. The SMILES string of the molecule is O=S(=O)(NCC(O)c1cc2ccccc2s1)c1ccc(Cl)s1. The van der Waals surface area contributed by atoms with E-state index in [1.807, 2.05) is 30.3 Å². The van der Waals surface area contributed by atoms with Crippen LogP contribution in [0.2, 0.25) is 4.34 Å². The van der Waals surface area contributed by atoms with Gasteiger partial charge in [0.15, 0.2) is 0 Å². The Morgan fingerprint density at radius 2 is 1.95 bits per heavy atom. The highest BCUT2D eigenvalue weighted by atomic mass is 35.5. The second-order valence-electron chi connectivity index (χ2n) is 4.61. The highest BCUT2D eigenvalue weighted by molar-refractivity contribution is 7.91. The van der Waals surface area contributed by atoms with E-state index >= 15 is 0 Å². The average Bonchev–Trinajstić information content (AvgIpc) is 3.11. The topological polar surface area (TPSA) is 66.4 Å². The fourth-order valence-electron chi connectivity index (χ4n) is 1.97. The van der Waals surface area contributed by atoms with Crippen molar-refractivity contribution in [2.45, 2.75) is 10.3 Å². The number of halogens is 1. The Morgan fingerprint density at radius 3 is 2.64 bits per heavy atom. The summed E-state index contributed by atoms with van der Waals surface area (Å²) in [4.78, 5) is 0.730. The van der Waals surface area contributed by atoms with Gasteiger partial charge in [0.2, 0.25) is 10.0 Å². The van der Waals surface area contributed by atoms with Crippen molar-refractivity contribution in [2.24, 2.45) is 0 Å². The lowest BCUT2D eigenvalue weighted by Gasteiger charge is -2.09. The van der Waals surface area contributed by atoms with Gasteiger partial charge in [-0.15, -0.1) is 22.7 Å².